The molecule has 2 heteroatoms. The second-order valence-corrected chi connectivity index (χ2v) is 10.6. The number of Topliss-reactive ketones (excluding diaryl/α,β-unsaturated/α-hetero) is 1. The molecule has 0 aromatic rings. The number of hydrogen-bond donors (Lipinski definition) is 1. The van der Waals surface area contributed by atoms with Crippen molar-refractivity contribution in [2.45, 2.75) is 91.1 Å². The maximum Gasteiger partial charge on any atom is 0.133 e. The largest absolute Gasteiger partial charge is 0.390 e. The molecule has 8 atom stereocenters. The summed E-state index contributed by atoms with van der Waals surface area (Å²) in [5.41, 5.74) is 0.268. The minimum Gasteiger partial charge on any atom is -0.390 e. The quantitative estimate of drug-likeness (QED) is 0.735. The third-order valence-corrected chi connectivity index (χ3v) is 9.44. The van der Waals surface area contributed by atoms with Gasteiger partial charge in [0, 0.05) is 5.92 Å². The van der Waals surface area contributed by atoms with Crippen LogP contribution in [-0.2, 0) is 4.79 Å². The number of aliphatic hydroxyl groups is 1. The van der Waals surface area contributed by atoms with Gasteiger partial charge in [-0.05, 0) is 106 Å². The van der Waals surface area contributed by atoms with Crippen molar-refractivity contribution in [3.05, 3.63) is 0 Å². The second kappa shape index (κ2) is 5.32. The SMILES string of the molecule is CC(=O)[C@H]1CCC2C3CCC4C[C@](C)(O)CC[C@]4(C)C3CC[C@@]21C. The van der Waals surface area contributed by atoms with Crippen LogP contribution in [0.1, 0.15) is 85.5 Å². The van der Waals surface area contributed by atoms with Gasteiger partial charge >= 0.3 is 0 Å². The summed E-state index contributed by atoms with van der Waals surface area (Å²) in [7, 11) is 0. The third-order valence-electron chi connectivity index (χ3n) is 9.44. The Labute approximate surface area is 147 Å². The Morgan fingerprint density at radius 1 is 0.875 bits per heavy atom. The minimum absolute atomic E-state index is 0.274. The molecule has 2 nitrogen and oxygen atoms in total. The highest BCUT2D eigenvalue weighted by atomic mass is 16.3. The molecule has 0 heterocycles. The van der Waals surface area contributed by atoms with Crippen molar-refractivity contribution >= 4 is 5.78 Å². The molecule has 4 fully saturated rings. The van der Waals surface area contributed by atoms with Gasteiger partial charge < -0.3 is 5.11 Å². The van der Waals surface area contributed by atoms with Crippen molar-refractivity contribution < 1.29 is 9.90 Å². The van der Waals surface area contributed by atoms with Gasteiger partial charge in [0.2, 0.25) is 0 Å². The fourth-order valence-corrected chi connectivity index (χ4v) is 8.10. The van der Waals surface area contributed by atoms with Crippen LogP contribution in [0.25, 0.3) is 0 Å². The summed E-state index contributed by atoms with van der Waals surface area (Å²) >= 11 is 0. The summed E-state index contributed by atoms with van der Waals surface area (Å²) < 4.78 is 0. The lowest BCUT2D eigenvalue weighted by molar-refractivity contribution is -0.150. The van der Waals surface area contributed by atoms with Gasteiger partial charge in [0.1, 0.15) is 5.78 Å². The molecular formula is C22H36O2. The summed E-state index contributed by atoms with van der Waals surface area (Å²) in [6, 6.07) is 0. The molecule has 24 heavy (non-hydrogen) atoms. The number of hydrogen-bond acceptors (Lipinski definition) is 2. The fourth-order valence-electron chi connectivity index (χ4n) is 8.10. The molecule has 0 saturated heterocycles. The normalized spacial score (nSPS) is 57.0. The van der Waals surface area contributed by atoms with Crippen LogP contribution in [0.4, 0.5) is 0 Å². The van der Waals surface area contributed by atoms with Gasteiger partial charge in [-0.25, -0.2) is 0 Å². The maximum absolute atomic E-state index is 12.2. The first-order valence-electron chi connectivity index (χ1n) is 10.4. The number of rotatable bonds is 1. The van der Waals surface area contributed by atoms with Crippen molar-refractivity contribution in [1.29, 1.82) is 0 Å². The summed E-state index contributed by atoms with van der Waals surface area (Å²) in [4.78, 5) is 12.2. The highest BCUT2D eigenvalue weighted by Crippen LogP contribution is 2.68. The smallest absolute Gasteiger partial charge is 0.133 e. The average Bonchev–Trinajstić information content (AvgIpc) is 2.85. The lowest BCUT2D eigenvalue weighted by Gasteiger charge is -2.61. The van der Waals surface area contributed by atoms with E-state index in [0.29, 0.717) is 23.0 Å². The van der Waals surface area contributed by atoms with Crippen LogP contribution in [0.3, 0.4) is 0 Å². The number of ketones is 1. The highest BCUT2D eigenvalue weighted by Gasteiger charge is 2.61. The van der Waals surface area contributed by atoms with Crippen LogP contribution >= 0.6 is 0 Å². The van der Waals surface area contributed by atoms with Crippen LogP contribution in [0.15, 0.2) is 0 Å². The molecule has 4 rings (SSSR count). The molecule has 0 aliphatic heterocycles. The van der Waals surface area contributed by atoms with Crippen LogP contribution in [0.5, 0.6) is 0 Å². The van der Waals surface area contributed by atoms with Crippen molar-refractivity contribution in [3.8, 4) is 0 Å². The predicted octanol–water partition coefficient (Wildman–Crippen LogP) is 4.99. The van der Waals surface area contributed by atoms with Gasteiger partial charge in [0.25, 0.3) is 0 Å². The summed E-state index contributed by atoms with van der Waals surface area (Å²) in [6.07, 6.45) is 10.8. The van der Waals surface area contributed by atoms with Crippen molar-refractivity contribution in [2.24, 2.45) is 40.4 Å². The van der Waals surface area contributed by atoms with Gasteiger partial charge in [-0.2, -0.15) is 0 Å². The topological polar surface area (TPSA) is 37.3 Å². The Hall–Kier alpha value is -0.370. The molecule has 0 aromatic heterocycles. The average molecular weight is 333 g/mol. The second-order valence-electron chi connectivity index (χ2n) is 10.6. The van der Waals surface area contributed by atoms with E-state index in [1.165, 1.54) is 38.5 Å². The molecule has 0 radical (unpaired) electrons. The van der Waals surface area contributed by atoms with Gasteiger partial charge in [0.15, 0.2) is 0 Å². The number of carbonyl (C=O) groups is 1. The summed E-state index contributed by atoms with van der Waals surface area (Å²) in [5, 5.41) is 10.6. The molecule has 0 bridgehead atoms. The monoisotopic (exact) mass is 332 g/mol. The van der Waals surface area contributed by atoms with E-state index in [4.69, 9.17) is 0 Å². The molecule has 0 amide bonds. The van der Waals surface area contributed by atoms with E-state index in [1.54, 1.807) is 0 Å². The highest BCUT2D eigenvalue weighted by molar-refractivity contribution is 5.79. The first-order chi connectivity index (χ1) is 11.2. The van der Waals surface area contributed by atoms with E-state index in [1.807, 2.05) is 13.8 Å². The predicted molar refractivity (Wildman–Crippen MR) is 96.5 cm³/mol. The zero-order valence-corrected chi connectivity index (χ0v) is 16.1. The molecular weight excluding hydrogens is 296 g/mol. The van der Waals surface area contributed by atoms with Crippen LogP contribution in [0.2, 0.25) is 0 Å². The molecule has 0 aromatic carbocycles. The lowest BCUT2D eigenvalue weighted by Crippen LogP contribution is -2.55. The molecule has 0 spiro atoms. The van der Waals surface area contributed by atoms with E-state index in [2.05, 4.69) is 13.8 Å². The van der Waals surface area contributed by atoms with Gasteiger partial charge in [-0.3, -0.25) is 4.79 Å². The Bertz CT molecular complexity index is 538. The van der Waals surface area contributed by atoms with Crippen LogP contribution in [0, 0.1) is 40.4 Å². The first-order valence-corrected chi connectivity index (χ1v) is 10.4. The van der Waals surface area contributed by atoms with Crippen LogP contribution < -0.4 is 0 Å². The van der Waals surface area contributed by atoms with Gasteiger partial charge in [-0.1, -0.05) is 13.8 Å². The minimum atomic E-state index is -0.437. The Morgan fingerprint density at radius 2 is 1.58 bits per heavy atom. The summed E-state index contributed by atoms with van der Waals surface area (Å²) in [5.74, 6) is 3.89. The van der Waals surface area contributed by atoms with E-state index < -0.39 is 5.60 Å². The molecule has 4 saturated carbocycles. The van der Waals surface area contributed by atoms with Crippen molar-refractivity contribution in [2.75, 3.05) is 0 Å². The standard InChI is InChI=1S/C22H36O2/c1-14(23)17-7-8-18-16-6-5-15-13-20(2,24)11-12-21(15,3)19(16)9-10-22(17,18)4/h15-19,24H,5-13H2,1-4H3/t15?,16?,17-,18?,19?,20-,21+,22-/m1/s1. The molecule has 4 aliphatic rings. The van der Waals surface area contributed by atoms with E-state index in [9.17, 15) is 9.90 Å². The van der Waals surface area contributed by atoms with Crippen molar-refractivity contribution in [1.82, 2.24) is 0 Å². The molecule has 1 N–H and O–H groups in total. The maximum atomic E-state index is 12.2. The van der Waals surface area contributed by atoms with E-state index in [-0.39, 0.29) is 5.41 Å². The Balaban J connectivity index is 1.61. The molecule has 4 aliphatic carbocycles. The van der Waals surface area contributed by atoms with Gasteiger partial charge in [0.05, 0.1) is 5.60 Å². The molecule has 136 valence electrons. The Kier molecular flexibility index (Phi) is 3.78. The van der Waals surface area contributed by atoms with Gasteiger partial charge in [-0.15, -0.1) is 0 Å². The zero-order valence-electron chi connectivity index (χ0n) is 16.1. The first kappa shape index (κ1) is 17.1. The Morgan fingerprint density at radius 3 is 2.29 bits per heavy atom. The zero-order chi connectivity index (χ0) is 17.3. The number of carbonyl (C=O) groups excluding carboxylic acids is 1. The van der Waals surface area contributed by atoms with E-state index >= 15 is 0 Å². The summed E-state index contributed by atoms with van der Waals surface area (Å²) in [6.45, 7) is 8.85. The van der Waals surface area contributed by atoms with E-state index in [0.717, 1.165) is 37.0 Å². The lowest BCUT2D eigenvalue weighted by atomic mass is 9.44. The van der Waals surface area contributed by atoms with Crippen molar-refractivity contribution in [3.63, 3.8) is 0 Å². The third kappa shape index (κ3) is 2.27. The number of fused-ring (bicyclic) bond motifs is 5. The van der Waals surface area contributed by atoms with Crippen LogP contribution in [-0.4, -0.2) is 16.5 Å². The molecule has 4 unspecified atom stereocenters. The fraction of sp³-hybridized carbons (Fsp3) is 0.955.